The third kappa shape index (κ3) is 3.45. The smallest absolute Gasteiger partial charge is 0.379 e. The molecule has 0 saturated carbocycles. The first-order chi connectivity index (χ1) is 12.0. The maximum atomic E-state index is 13.6. The number of aromatic hydroxyl groups is 2. The molecule has 7 heteroatoms. The van der Waals surface area contributed by atoms with Crippen molar-refractivity contribution in [2.75, 3.05) is 0 Å². The van der Waals surface area contributed by atoms with Crippen molar-refractivity contribution < 1.29 is 19.4 Å². The molecule has 0 atom stereocenters. The first-order valence-corrected chi connectivity index (χ1v) is 7.49. The second-order valence-corrected chi connectivity index (χ2v) is 5.54. The largest absolute Gasteiger partial charge is 0.504 e. The monoisotopic (exact) mass is 340 g/mol. The van der Waals surface area contributed by atoms with Crippen LogP contribution in [0, 0.1) is 17.6 Å². The van der Waals surface area contributed by atoms with E-state index >= 15 is 0 Å². The zero-order chi connectivity index (χ0) is 18.0. The molecule has 0 aliphatic carbocycles. The van der Waals surface area contributed by atoms with Crippen LogP contribution in [0.4, 0.5) is 10.2 Å². The van der Waals surface area contributed by atoms with Crippen LogP contribution in [0.2, 0.25) is 0 Å². The summed E-state index contributed by atoms with van der Waals surface area (Å²) in [7, 11) is 0. The Bertz CT molecular complexity index is 943. The van der Waals surface area contributed by atoms with E-state index in [0.29, 0.717) is 21.6 Å². The molecule has 0 aliphatic heterocycles. The van der Waals surface area contributed by atoms with Crippen molar-refractivity contribution in [1.82, 2.24) is 9.97 Å². The lowest BCUT2D eigenvalue weighted by Gasteiger charge is -2.06. The van der Waals surface area contributed by atoms with Crippen LogP contribution in [0.25, 0.3) is 11.3 Å². The van der Waals surface area contributed by atoms with Gasteiger partial charge in [0.15, 0.2) is 24.2 Å². The summed E-state index contributed by atoms with van der Waals surface area (Å²) >= 11 is 0. The first-order valence-electron chi connectivity index (χ1n) is 7.49. The molecule has 0 aliphatic rings. The van der Waals surface area contributed by atoms with E-state index < -0.39 is 5.82 Å². The number of nitroso groups, excluding NO2 is 1. The molecular formula is C18H15FN3O3+. The molecule has 0 unspecified atom stereocenters. The number of hydrogen-bond acceptors (Lipinski definition) is 5. The van der Waals surface area contributed by atoms with Gasteiger partial charge in [-0.25, -0.2) is 9.37 Å². The zero-order valence-electron chi connectivity index (χ0n) is 13.3. The molecule has 126 valence electrons. The summed E-state index contributed by atoms with van der Waals surface area (Å²) < 4.78 is 14.2. The lowest BCUT2D eigenvalue weighted by atomic mass is 10.1. The van der Waals surface area contributed by atoms with E-state index in [9.17, 15) is 19.5 Å². The minimum absolute atomic E-state index is 0.0488. The molecule has 3 aromatic rings. The molecule has 3 rings (SSSR count). The molecule has 1 aromatic heterocycles. The predicted octanol–water partition coefficient (Wildman–Crippen LogP) is 3.61. The van der Waals surface area contributed by atoms with Crippen LogP contribution in [0.15, 0.2) is 48.8 Å². The fourth-order valence-corrected chi connectivity index (χ4v) is 2.41. The van der Waals surface area contributed by atoms with E-state index in [0.717, 1.165) is 0 Å². The van der Waals surface area contributed by atoms with Crippen molar-refractivity contribution >= 4 is 5.82 Å². The van der Waals surface area contributed by atoms with Crippen LogP contribution in [0.1, 0.15) is 11.1 Å². The number of rotatable bonds is 4. The predicted molar refractivity (Wildman–Crippen MR) is 88.9 cm³/mol. The molecule has 0 fully saturated rings. The van der Waals surface area contributed by atoms with Crippen LogP contribution >= 0.6 is 0 Å². The Morgan fingerprint density at radius 2 is 1.80 bits per heavy atom. The Morgan fingerprint density at radius 3 is 2.48 bits per heavy atom. The third-order valence-corrected chi connectivity index (χ3v) is 3.76. The molecule has 2 N–H and O–H groups in total. The van der Waals surface area contributed by atoms with Gasteiger partial charge in [0.2, 0.25) is 0 Å². The van der Waals surface area contributed by atoms with Gasteiger partial charge < -0.3 is 10.2 Å². The van der Waals surface area contributed by atoms with Crippen molar-refractivity contribution in [2.45, 2.75) is 13.5 Å². The van der Waals surface area contributed by atoms with Crippen LogP contribution in [0.3, 0.4) is 0 Å². The highest BCUT2D eigenvalue weighted by Gasteiger charge is 2.18. The average Bonchev–Trinajstić information content (AvgIpc) is 2.60. The topological polar surface area (TPSA) is 86.3 Å². The van der Waals surface area contributed by atoms with Crippen LogP contribution in [-0.4, -0.2) is 24.9 Å². The van der Waals surface area contributed by atoms with Gasteiger partial charge in [-0.05, 0) is 40.4 Å². The maximum Gasteiger partial charge on any atom is 0.379 e. The number of halogens is 1. The van der Waals surface area contributed by atoms with Gasteiger partial charge in [-0.3, -0.25) is 0 Å². The minimum atomic E-state index is -0.455. The number of aromatic nitrogens is 2. The summed E-state index contributed by atoms with van der Waals surface area (Å²) in [6.45, 7) is 1.57. The number of hydrogen-bond donors (Lipinski definition) is 2. The van der Waals surface area contributed by atoms with Crippen LogP contribution in [-0.2, 0) is 6.54 Å². The number of phenolic OH excluding ortho intramolecular Hbond substituents is 2. The second kappa shape index (κ2) is 6.64. The lowest BCUT2D eigenvalue weighted by Crippen LogP contribution is -2.05. The minimum Gasteiger partial charge on any atom is -0.504 e. The van der Waals surface area contributed by atoms with E-state index in [1.807, 2.05) is 0 Å². The van der Waals surface area contributed by atoms with E-state index in [4.69, 9.17) is 0 Å². The molecule has 1 heterocycles. The molecular weight excluding hydrogens is 325 g/mol. The molecule has 0 spiro atoms. The highest BCUT2D eigenvalue weighted by molar-refractivity contribution is 5.67. The molecule has 0 bridgehead atoms. The molecule has 0 radical (unpaired) electrons. The van der Waals surface area contributed by atoms with Crippen LogP contribution < -0.4 is 0 Å². The Hall–Kier alpha value is -3.35. The number of nitrogens with zero attached hydrogens (tertiary/aromatic N) is 3. The summed E-state index contributed by atoms with van der Waals surface area (Å²) in [4.78, 5) is 20.4. The third-order valence-electron chi connectivity index (χ3n) is 3.76. The highest BCUT2D eigenvalue weighted by Crippen LogP contribution is 2.33. The Kier molecular flexibility index (Phi) is 4.38. The standard InChI is InChI=1S/C18H14FN3O3/c1-11-6-16(23)17(24)7-13(11)15-8-21-18(9-20-15)22(25)10-12-4-2-3-5-14(12)19/h2-9H,10H2,1H3,(H-,20,21,23,24,25)/p+1. The summed E-state index contributed by atoms with van der Waals surface area (Å²) in [6.07, 6.45) is 2.67. The number of benzene rings is 2. The van der Waals surface area contributed by atoms with E-state index in [1.165, 1.54) is 36.7 Å². The maximum absolute atomic E-state index is 13.6. The van der Waals surface area contributed by atoms with Crippen molar-refractivity contribution in [2.24, 2.45) is 0 Å². The number of aryl methyl sites for hydroxylation is 1. The summed E-state index contributed by atoms with van der Waals surface area (Å²) in [5.41, 5.74) is 1.99. The summed E-state index contributed by atoms with van der Waals surface area (Å²) in [5, 5.41) is 19.1. The molecule has 2 aromatic carbocycles. The molecule has 0 saturated heterocycles. The van der Waals surface area contributed by atoms with Gasteiger partial charge in [0.05, 0.1) is 0 Å². The van der Waals surface area contributed by atoms with Gasteiger partial charge in [0.1, 0.15) is 17.7 Å². The van der Waals surface area contributed by atoms with Gasteiger partial charge in [-0.15, -0.1) is 0 Å². The summed E-state index contributed by atoms with van der Waals surface area (Å²) in [6, 6.07) is 8.82. The quantitative estimate of drug-likeness (QED) is 0.560. The molecule has 6 nitrogen and oxygen atoms in total. The Morgan fingerprint density at radius 1 is 1.08 bits per heavy atom. The SMILES string of the molecule is Cc1cc(O)c(O)cc1-c1cnc([N+](=O)Cc2ccccc2F)cn1. The Balaban J connectivity index is 1.84. The highest BCUT2D eigenvalue weighted by atomic mass is 19.1. The molecule has 0 amide bonds. The second-order valence-electron chi connectivity index (χ2n) is 5.54. The van der Waals surface area contributed by atoms with Crippen molar-refractivity contribution in [3.05, 3.63) is 70.6 Å². The average molecular weight is 340 g/mol. The van der Waals surface area contributed by atoms with Crippen molar-refractivity contribution in [3.8, 4) is 22.8 Å². The van der Waals surface area contributed by atoms with Gasteiger partial charge in [0, 0.05) is 11.1 Å². The van der Waals surface area contributed by atoms with Crippen molar-refractivity contribution in [1.29, 1.82) is 0 Å². The normalized spacial score (nSPS) is 10.6. The van der Waals surface area contributed by atoms with Crippen LogP contribution in [0.5, 0.6) is 11.5 Å². The fourth-order valence-electron chi connectivity index (χ4n) is 2.41. The lowest BCUT2D eigenvalue weighted by molar-refractivity contribution is -0.484. The van der Waals surface area contributed by atoms with Crippen molar-refractivity contribution in [3.63, 3.8) is 0 Å². The van der Waals surface area contributed by atoms with Gasteiger partial charge in [-0.1, -0.05) is 23.1 Å². The van der Waals surface area contributed by atoms with E-state index in [-0.39, 0.29) is 29.4 Å². The Labute approximate surface area is 142 Å². The summed E-state index contributed by atoms with van der Waals surface area (Å²) in [5.74, 6) is -0.895. The molecule has 25 heavy (non-hydrogen) atoms. The van der Waals surface area contributed by atoms with Gasteiger partial charge in [0.25, 0.3) is 0 Å². The van der Waals surface area contributed by atoms with E-state index in [1.54, 1.807) is 19.1 Å². The first kappa shape index (κ1) is 16.5. The zero-order valence-corrected chi connectivity index (χ0v) is 13.3. The number of phenols is 2. The van der Waals surface area contributed by atoms with E-state index in [2.05, 4.69) is 9.97 Å². The fraction of sp³-hybridized carbons (Fsp3) is 0.111. The van der Waals surface area contributed by atoms with Gasteiger partial charge in [-0.2, -0.15) is 0 Å². The van der Waals surface area contributed by atoms with Gasteiger partial charge >= 0.3 is 5.82 Å².